The second kappa shape index (κ2) is 11.3. The number of halogens is 1. The minimum absolute atomic E-state index is 0. The minimum Gasteiger partial charge on any atom is -0.380 e. The SMILES string of the molecule is CN=C(NCc1ccc(COC)cc1)N1CCC(Cc2ccccc2)C1.I. The normalized spacial score (nSPS) is 16.9. The predicted octanol–water partition coefficient (Wildman–Crippen LogP) is 4.09. The lowest BCUT2D eigenvalue weighted by molar-refractivity contribution is 0.185. The molecular weight excluding hydrogens is 449 g/mol. The first-order chi connectivity index (χ1) is 12.8. The van der Waals surface area contributed by atoms with Crippen molar-refractivity contribution in [1.29, 1.82) is 0 Å². The zero-order valence-corrected chi connectivity index (χ0v) is 18.6. The number of hydrogen-bond donors (Lipinski definition) is 1. The summed E-state index contributed by atoms with van der Waals surface area (Å²) in [5.74, 6) is 1.70. The first-order valence-corrected chi connectivity index (χ1v) is 9.34. The minimum atomic E-state index is 0. The highest BCUT2D eigenvalue weighted by molar-refractivity contribution is 14.0. The second-order valence-corrected chi connectivity index (χ2v) is 6.94. The van der Waals surface area contributed by atoms with Crippen LogP contribution in [-0.2, 0) is 24.3 Å². The molecule has 1 fully saturated rings. The summed E-state index contributed by atoms with van der Waals surface area (Å²) in [7, 11) is 3.59. The fourth-order valence-corrected chi connectivity index (χ4v) is 3.57. The summed E-state index contributed by atoms with van der Waals surface area (Å²) in [6.07, 6.45) is 2.37. The topological polar surface area (TPSA) is 36.9 Å². The van der Waals surface area contributed by atoms with Crippen molar-refractivity contribution >= 4 is 29.9 Å². The molecule has 1 heterocycles. The van der Waals surface area contributed by atoms with Gasteiger partial charge in [0.1, 0.15) is 0 Å². The van der Waals surface area contributed by atoms with E-state index in [4.69, 9.17) is 4.74 Å². The van der Waals surface area contributed by atoms with Crippen LogP contribution in [0.3, 0.4) is 0 Å². The number of nitrogens with zero attached hydrogens (tertiary/aromatic N) is 2. The number of nitrogens with one attached hydrogen (secondary N) is 1. The van der Waals surface area contributed by atoms with Crippen LogP contribution in [0.4, 0.5) is 0 Å². The molecule has 27 heavy (non-hydrogen) atoms. The average molecular weight is 479 g/mol. The van der Waals surface area contributed by atoms with Gasteiger partial charge in [-0.1, -0.05) is 54.6 Å². The van der Waals surface area contributed by atoms with Gasteiger partial charge in [-0.25, -0.2) is 0 Å². The molecule has 0 bridgehead atoms. The molecule has 1 saturated heterocycles. The summed E-state index contributed by atoms with van der Waals surface area (Å²) in [5, 5.41) is 3.51. The Balaban J connectivity index is 0.00000261. The summed E-state index contributed by atoms with van der Waals surface area (Å²) in [6, 6.07) is 19.3. The maximum atomic E-state index is 5.16. The zero-order chi connectivity index (χ0) is 18.2. The number of likely N-dealkylation sites (tertiary alicyclic amines) is 1. The van der Waals surface area contributed by atoms with Gasteiger partial charge >= 0.3 is 0 Å². The van der Waals surface area contributed by atoms with Gasteiger partial charge in [-0.05, 0) is 35.4 Å². The molecular formula is C22H30IN3O. The van der Waals surface area contributed by atoms with E-state index in [-0.39, 0.29) is 24.0 Å². The molecule has 2 aromatic rings. The Bertz CT molecular complexity index is 703. The summed E-state index contributed by atoms with van der Waals surface area (Å²) in [4.78, 5) is 6.87. The van der Waals surface area contributed by atoms with E-state index in [0.29, 0.717) is 12.5 Å². The van der Waals surface area contributed by atoms with Gasteiger partial charge in [0.05, 0.1) is 6.61 Å². The maximum Gasteiger partial charge on any atom is 0.193 e. The zero-order valence-electron chi connectivity index (χ0n) is 16.2. The van der Waals surface area contributed by atoms with Crippen molar-refractivity contribution in [2.75, 3.05) is 27.2 Å². The Morgan fingerprint density at radius 1 is 1.07 bits per heavy atom. The van der Waals surface area contributed by atoms with Crippen LogP contribution in [0.2, 0.25) is 0 Å². The van der Waals surface area contributed by atoms with Crippen molar-refractivity contribution in [3.05, 3.63) is 71.3 Å². The second-order valence-electron chi connectivity index (χ2n) is 6.94. The molecule has 1 N–H and O–H groups in total. The van der Waals surface area contributed by atoms with E-state index in [1.54, 1.807) is 7.11 Å². The van der Waals surface area contributed by atoms with Gasteiger partial charge in [0.2, 0.25) is 0 Å². The van der Waals surface area contributed by atoms with Gasteiger partial charge in [0.15, 0.2) is 5.96 Å². The van der Waals surface area contributed by atoms with Crippen LogP contribution in [0.25, 0.3) is 0 Å². The highest BCUT2D eigenvalue weighted by atomic mass is 127. The third-order valence-electron chi connectivity index (χ3n) is 4.95. The van der Waals surface area contributed by atoms with E-state index in [0.717, 1.165) is 32.0 Å². The van der Waals surface area contributed by atoms with Crippen LogP contribution >= 0.6 is 24.0 Å². The fourth-order valence-electron chi connectivity index (χ4n) is 3.57. The van der Waals surface area contributed by atoms with E-state index in [2.05, 4.69) is 69.8 Å². The summed E-state index contributed by atoms with van der Waals surface area (Å²) < 4.78 is 5.16. The molecule has 3 rings (SSSR count). The molecule has 4 nitrogen and oxygen atoms in total. The number of ether oxygens (including phenoxy) is 1. The Morgan fingerprint density at radius 2 is 1.78 bits per heavy atom. The summed E-state index contributed by atoms with van der Waals surface area (Å²) >= 11 is 0. The Kier molecular flexibility index (Phi) is 9.07. The van der Waals surface area contributed by atoms with Crippen molar-refractivity contribution < 1.29 is 4.74 Å². The number of methoxy groups -OCH3 is 1. The van der Waals surface area contributed by atoms with Crippen LogP contribution in [-0.4, -0.2) is 38.1 Å². The molecule has 0 aromatic heterocycles. The molecule has 1 unspecified atom stereocenters. The molecule has 0 spiro atoms. The number of guanidine groups is 1. The average Bonchev–Trinajstić information content (AvgIpc) is 3.13. The number of benzene rings is 2. The Morgan fingerprint density at radius 3 is 2.44 bits per heavy atom. The number of aliphatic imine (C=N–C) groups is 1. The first-order valence-electron chi connectivity index (χ1n) is 9.34. The van der Waals surface area contributed by atoms with Crippen LogP contribution < -0.4 is 5.32 Å². The third-order valence-corrected chi connectivity index (χ3v) is 4.95. The van der Waals surface area contributed by atoms with E-state index in [1.807, 2.05) is 7.05 Å². The molecule has 1 aliphatic heterocycles. The smallest absolute Gasteiger partial charge is 0.193 e. The van der Waals surface area contributed by atoms with Crippen molar-refractivity contribution in [3.8, 4) is 0 Å². The lowest BCUT2D eigenvalue weighted by Gasteiger charge is -2.22. The molecule has 146 valence electrons. The monoisotopic (exact) mass is 479 g/mol. The quantitative estimate of drug-likeness (QED) is 0.385. The van der Waals surface area contributed by atoms with Crippen LogP contribution in [0.5, 0.6) is 0 Å². The molecule has 0 radical (unpaired) electrons. The number of hydrogen-bond acceptors (Lipinski definition) is 2. The number of rotatable bonds is 6. The Labute approximate surface area is 180 Å². The largest absolute Gasteiger partial charge is 0.380 e. The third kappa shape index (κ3) is 6.50. The predicted molar refractivity (Wildman–Crippen MR) is 123 cm³/mol. The first kappa shape index (κ1) is 21.7. The molecule has 1 atom stereocenters. The lowest BCUT2D eigenvalue weighted by atomic mass is 9.99. The van der Waals surface area contributed by atoms with E-state index >= 15 is 0 Å². The van der Waals surface area contributed by atoms with Crippen molar-refractivity contribution in [2.45, 2.75) is 26.0 Å². The van der Waals surface area contributed by atoms with Gasteiger partial charge in [-0.3, -0.25) is 4.99 Å². The van der Waals surface area contributed by atoms with E-state index < -0.39 is 0 Å². The summed E-state index contributed by atoms with van der Waals surface area (Å²) in [6.45, 7) is 3.59. The molecule has 1 aliphatic rings. The van der Waals surface area contributed by atoms with Gasteiger partial charge in [0, 0.05) is 33.8 Å². The van der Waals surface area contributed by atoms with Crippen LogP contribution in [0.1, 0.15) is 23.1 Å². The highest BCUT2D eigenvalue weighted by Gasteiger charge is 2.24. The summed E-state index contributed by atoms with van der Waals surface area (Å²) in [5.41, 5.74) is 3.88. The van der Waals surface area contributed by atoms with Crippen molar-refractivity contribution in [1.82, 2.24) is 10.2 Å². The van der Waals surface area contributed by atoms with Gasteiger partial charge in [-0.2, -0.15) is 0 Å². The van der Waals surface area contributed by atoms with Gasteiger partial charge in [0.25, 0.3) is 0 Å². The standard InChI is InChI=1S/C22H29N3O.HI/c1-23-22(24-15-19-8-10-20(11-9-19)17-26-2)25-13-12-21(16-25)14-18-6-4-3-5-7-18;/h3-11,21H,12-17H2,1-2H3,(H,23,24);1H. The Hall–Kier alpha value is -1.60. The van der Waals surface area contributed by atoms with Crippen molar-refractivity contribution in [2.24, 2.45) is 10.9 Å². The molecule has 0 amide bonds. The maximum absolute atomic E-state index is 5.16. The lowest BCUT2D eigenvalue weighted by Crippen LogP contribution is -2.39. The fraction of sp³-hybridized carbons (Fsp3) is 0.409. The van der Waals surface area contributed by atoms with Gasteiger partial charge < -0.3 is 15.0 Å². The van der Waals surface area contributed by atoms with Gasteiger partial charge in [-0.15, -0.1) is 24.0 Å². The van der Waals surface area contributed by atoms with E-state index in [1.165, 1.54) is 23.1 Å². The highest BCUT2D eigenvalue weighted by Crippen LogP contribution is 2.21. The molecule has 0 saturated carbocycles. The molecule has 0 aliphatic carbocycles. The molecule has 5 heteroatoms. The molecule has 2 aromatic carbocycles. The van der Waals surface area contributed by atoms with Crippen molar-refractivity contribution in [3.63, 3.8) is 0 Å². The van der Waals surface area contributed by atoms with E-state index in [9.17, 15) is 0 Å². The van der Waals surface area contributed by atoms with Crippen LogP contribution in [0.15, 0.2) is 59.6 Å². The van der Waals surface area contributed by atoms with Crippen LogP contribution in [0, 0.1) is 5.92 Å².